The van der Waals surface area contributed by atoms with Gasteiger partial charge in [0.15, 0.2) is 0 Å². The summed E-state index contributed by atoms with van der Waals surface area (Å²) in [5.74, 6) is 1.05. The maximum atomic E-state index is 6.06. The van der Waals surface area contributed by atoms with E-state index in [0.717, 1.165) is 12.4 Å². The Labute approximate surface area is 136 Å². The van der Waals surface area contributed by atoms with Crippen molar-refractivity contribution >= 4 is 0 Å². The second kappa shape index (κ2) is 6.64. The Morgan fingerprint density at radius 3 is 1.91 bits per heavy atom. The zero-order valence-electron chi connectivity index (χ0n) is 14.5. The monoisotopic (exact) mass is 300 g/mol. The van der Waals surface area contributed by atoms with E-state index >= 15 is 0 Å². The Kier molecular flexibility index (Phi) is 4.80. The molecular formula is C21H32O. The van der Waals surface area contributed by atoms with Gasteiger partial charge in [-0.15, -0.1) is 0 Å². The van der Waals surface area contributed by atoms with Gasteiger partial charge in [-0.1, -0.05) is 45.2 Å². The van der Waals surface area contributed by atoms with E-state index in [4.69, 9.17) is 4.74 Å². The summed E-state index contributed by atoms with van der Waals surface area (Å²) in [5, 5.41) is 0. The minimum atomic E-state index is 0.483. The molecular weight excluding hydrogens is 268 g/mol. The zero-order chi connectivity index (χ0) is 15.5. The van der Waals surface area contributed by atoms with Crippen molar-refractivity contribution in [3.05, 3.63) is 29.8 Å². The Morgan fingerprint density at radius 2 is 1.45 bits per heavy atom. The molecule has 22 heavy (non-hydrogen) atoms. The van der Waals surface area contributed by atoms with Gasteiger partial charge < -0.3 is 4.74 Å². The average molecular weight is 300 g/mol. The molecule has 0 N–H and O–H groups in total. The molecule has 2 aliphatic rings. The third-order valence-electron chi connectivity index (χ3n) is 6.74. The van der Waals surface area contributed by atoms with Crippen molar-refractivity contribution in [2.24, 2.45) is 10.8 Å². The molecule has 122 valence electrons. The summed E-state index contributed by atoms with van der Waals surface area (Å²) in [7, 11) is 0. The quantitative estimate of drug-likeness (QED) is 0.558. The van der Waals surface area contributed by atoms with Gasteiger partial charge in [0, 0.05) is 5.41 Å². The maximum Gasteiger partial charge on any atom is 0.119 e. The highest BCUT2D eigenvalue weighted by molar-refractivity contribution is 5.27. The van der Waals surface area contributed by atoms with Crippen LogP contribution in [0.3, 0.4) is 0 Å². The minimum Gasteiger partial charge on any atom is -0.493 e. The molecule has 0 aliphatic heterocycles. The Bertz CT molecular complexity index is 409. The van der Waals surface area contributed by atoms with Gasteiger partial charge in [0.05, 0.1) is 6.61 Å². The summed E-state index contributed by atoms with van der Waals surface area (Å²) in [6.45, 7) is 5.57. The van der Waals surface area contributed by atoms with Gasteiger partial charge in [-0.2, -0.15) is 0 Å². The van der Waals surface area contributed by atoms with E-state index in [0.29, 0.717) is 10.8 Å². The van der Waals surface area contributed by atoms with E-state index in [1.54, 1.807) is 0 Å². The molecule has 1 heteroatoms. The second-order valence-corrected chi connectivity index (χ2v) is 7.85. The van der Waals surface area contributed by atoms with Crippen LogP contribution in [0.4, 0.5) is 0 Å². The van der Waals surface area contributed by atoms with Gasteiger partial charge in [0.2, 0.25) is 0 Å². The minimum absolute atomic E-state index is 0.483. The van der Waals surface area contributed by atoms with Crippen LogP contribution in [0.2, 0.25) is 0 Å². The molecule has 0 spiro atoms. The van der Waals surface area contributed by atoms with Crippen molar-refractivity contribution in [1.82, 2.24) is 0 Å². The van der Waals surface area contributed by atoms with Gasteiger partial charge in [-0.3, -0.25) is 0 Å². The van der Waals surface area contributed by atoms with Crippen LogP contribution in [0.5, 0.6) is 5.75 Å². The maximum absolute atomic E-state index is 6.06. The number of rotatable bonds is 8. The smallest absolute Gasteiger partial charge is 0.119 e. The standard InChI is InChI=1S/C21H32O/c1-3-20(12-5-13-20)16-11-18-7-9-19(10-8-18)22-17-21(4-2)14-6-15-21/h7-10H,3-6,11-17H2,1-2H3. The van der Waals surface area contributed by atoms with Crippen molar-refractivity contribution in [3.63, 3.8) is 0 Å². The van der Waals surface area contributed by atoms with Crippen LogP contribution in [-0.4, -0.2) is 6.61 Å². The van der Waals surface area contributed by atoms with Gasteiger partial charge in [0.25, 0.3) is 0 Å². The van der Waals surface area contributed by atoms with Crippen molar-refractivity contribution < 1.29 is 4.74 Å². The third-order valence-corrected chi connectivity index (χ3v) is 6.74. The van der Waals surface area contributed by atoms with Crippen LogP contribution >= 0.6 is 0 Å². The van der Waals surface area contributed by atoms with Crippen LogP contribution in [0.15, 0.2) is 24.3 Å². The lowest BCUT2D eigenvalue weighted by molar-refractivity contribution is 0.0538. The third kappa shape index (κ3) is 3.34. The lowest BCUT2D eigenvalue weighted by atomic mass is 9.64. The first kappa shape index (κ1) is 15.9. The topological polar surface area (TPSA) is 9.23 Å². The van der Waals surface area contributed by atoms with Crippen LogP contribution in [0.1, 0.15) is 77.2 Å². The van der Waals surface area contributed by atoms with Gasteiger partial charge in [-0.25, -0.2) is 0 Å². The zero-order valence-corrected chi connectivity index (χ0v) is 14.5. The fraction of sp³-hybridized carbons (Fsp3) is 0.714. The van der Waals surface area contributed by atoms with Crippen LogP contribution in [0, 0.1) is 10.8 Å². The van der Waals surface area contributed by atoms with E-state index in [1.165, 1.54) is 69.8 Å². The number of hydrogen-bond donors (Lipinski definition) is 0. The number of benzene rings is 1. The molecule has 2 aliphatic carbocycles. The van der Waals surface area contributed by atoms with Gasteiger partial charge >= 0.3 is 0 Å². The highest BCUT2D eigenvalue weighted by Crippen LogP contribution is 2.47. The lowest BCUT2D eigenvalue weighted by Crippen LogP contribution is -2.34. The second-order valence-electron chi connectivity index (χ2n) is 7.85. The van der Waals surface area contributed by atoms with Crippen molar-refractivity contribution in [3.8, 4) is 5.75 Å². The van der Waals surface area contributed by atoms with Crippen molar-refractivity contribution in [1.29, 1.82) is 0 Å². The van der Waals surface area contributed by atoms with Crippen LogP contribution in [-0.2, 0) is 6.42 Å². The largest absolute Gasteiger partial charge is 0.493 e. The molecule has 3 rings (SSSR count). The molecule has 0 amide bonds. The number of aryl methyl sites for hydroxylation is 1. The predicted octanol–water partition coefficient (Wildman–Crippen LogP) is 6.16. The molecule has 0 radical (unpaired) electrons. The Hall–Kier alpha value is -0.980. The molecule has 0 aromatic heterocycles. The molecule has 0 saturated heterocycles. The fourth-order valence-corrected chi connectivity index (χ4v) is 4.13. The highest BCUT2D eigenvalue weighted by atomic mass is 16.5. The van der Waals surface area contributed by atoms with E-state index in [9.17, 15) is 0 Å². The van der Waals surface area contributed by atoms with E-state index in [1.807, 2.05) is 0 Å². The van der Waals surface area contributed by atoms with Gasteiger partial charge in [-0.05, 0) is 68.1 Å². The molecule has 0 unspecified atom stereocenters. The van der Waals surface area contributed by atoms with Crippen molar-refractivity contribution in [2.75, 3.05) is 6.61 Å². The molecule has 0 bridgehead atoms. The summed E-state index contributed by atoms with van der Waals surface area (Å²) in [6, 6.07) is 8.90. The summed E-state index contributed by atoms with van der Waals surface area (Å²) < 4.78 is 6.06. The van der Waals surface area contributed by atoms with Gasteiger partial charge in [0.1, 0.15) is 5.75 Å². The molecule has 0 atom stereocenters. The number of hydrogen-bond acceptors (Lipinski definition) is 1. The summed E-state index contributed by atoms with van der Waals surface area (Å²) in [4.78, 5) is 0. The average Bonchev–Trinajstić information content (AvgIpc) is 2.47. The Balaban J connectivity index is 1.47. The summed E-state index contributed by atoms with van der Waals surface area (Å²) in [6.07, 6.45) is 13.6. The van der Waals surface area contributed by atoms with Crippen molar-refractivity contribution in [2.45, 2.75) is 78.1 Å². The highest BCUT2D eigenvalue weighted by Gasteiger charge is 2.36. The molecule has 2 fully saturated rings. The first-order chi connectivity index (χ1) is 10.7. The van der Waals surface area contributed by atoms with Crippen LogP contribution in [0.25, 0.3) is 0 Å². The van der Waals surface area contributed by atoms with E-state index < -0.39 is 0 Å². The Morgan fingerprint density at radius 1 is 0.864 bits per heavy atom. The normalized spacial score (nSPS) is 21.7. The van der Waals surface area contributed by atoms with Crippen LogP contribution < -0.4 is 4.74 Å². The fourth-order valence-electron chi connectivity index (χ4n) is 4.13. The molecule has 1 nitrogen and oxygen atoms in total. The molecule has 1 aromatic rings. The van der Waals surface area contributed by atoms with E-state index in [2.05, 4.69) is 38.1 Å². The summed E-state index contributed by atoms with van der Waals surface area (Å²) >= 11 is 0. The lowest BCUT2D eigenvalue weighted by Gasteiger charge is -2.41. The summed E-state index contributed by atoms with van der Waals surface area (Å²) in [5.41, 5.74) is 2.63. The first-order valence-electron chi connectivity index (χ1n) is 9.41. The molecule has 1 aromatic carbocycles. The van der Waals surface area contributed by atoms with E-state index in [-0.39, 0.29) is 0 Å². The predicted molar refractivity (Wildman–Crippen MR) is 93.4 cm³/mol. The SMILES string of the molecule is CCC1(CCc2ccc(OCC3(CC)CCC3)cc2)CCC1. The molecule has 2 saturated carbocycles. The first-order valence-corrected chi connectivity index (χ1v) is 9.41. The number of ether oxygens (including phenoxy) is 1. The molecule has 0 heterocycles.